The first-order valence-corrected chi connectivity index (χ1v) is 8.39. The zero-order valence-electron chi connectivity index (χ0n) is 12.9. The van der Waals surface area contributed by atoms with Crippen molar-refractivity contribution in [1.29, 1.82) is 0 Å². The molecule has 0 aromatic rings. The van der Waals surface area contributed by atoms with Crippen molar-refractivity contribution in [3.63, 3.8) is 0 Å². The van der Waals surface area contributed by atoms with Gasteiger partial charge in [0.15, 0.2) is 0 Å². The SMILES string of the molecule is CCC(F)CCCCSC(C(=O)OC(C)C)C(C)C. The van der Waals surface area contributed by atoms with E-state index in [1.807, 2.05) is 34.6 Å². The maximum Gasteiger partial charge on any atom is 0.319 e. The lowest BCUT2D eigenvalue weighted by Crippen LogP contribution is -2.28. The Labute approximate surface area is 121 Å². The van der Waals surface area contributed by atoms with Crippen LogP contribution in [0, 0.1) is 5.92 Å². The molecule has 0 aliphatic carbocycles. The van der Waals surface area contributed by atoms with Crippen LogP contribution in [0.15, 0.2) is 0 Å². The van der Waals surface area contributed by atoms with Crippen molar-refractivity contribution in [2.45, 2.75) is 77.8 Å². The Bertz CT molecular complexity index is 244. The van der Waals surface area contributed by atoms with Gasteiger partial charge in [-0.3, -0.25) is 4.79 Å². The fraction of sp³-hybridized carbons (Fsp3) is 0.933. The topological polar surface area (TPSA) is 26.3 Å². The fourth-order valence-corrected chi connectivity index (χ4v) is 2.92. The van der Waals surface area contributed by atoms with Gasteiger partial charge in [-0.15, -0.1) is 11.8 Å². The molecule has 0 fully saturated rings. The van der Waals surface area contributed by atoms with E-state index in [1.54, 1.807) is 11.8 Å². The van der Waals surface area contributed by atoms with Crippen LogP contribution in [-0.4, -0.2) is 29.2 Å². The zero-order chi connectivity index (χ0) is 14.8. The van der Waals surface area contributed by atoms with Crippen LogP contribution >= 0.6 is 11.8 Å². The first kappa shape index (κ1) is 18.8. The Kier molecular flexibility index (Phi) is 10.4. The number of hydrogen-bond acceptors (Lipinski definition) is 3. The minimum atomic E-state index is -0.670. The summed E-state index contributed by atoms with van der Waals surface area (Å²) in [4.78, 5) is 11.9. The molecule has 2 atom stereocenters. The number of carbonyl (C=O) groups is 1. The van der Waals surface area contributed by atoms with Crippen LogP contribution in [0.25, 0.3) is 0 Å². The minimum Gasteiger partial charge on any atom is -0.462 e. The summed E-state index contributed by atoms with van der Waals surface area (Å²) in [7, 11) is 0. The van der Waals surface area contributed by atoms with Crippen LogP contribution < -0.4 is 0 Å². The number of ether oxygens (including phenoxy) is 1. The van der Waals surface area contributed by atoms with Gasteiger partial charge in [0.2, 0.25) is 0 Å². The van der Waals surface area contributed by atoms with E-state index in [0.717, 1.165) is 18.6 Å². The average Bonchev–Trinajstić information content (AvgIpc) is 2.31. The molecule has 2 unspecified atom stereocenters. The zero-order valence-corrected chi connectivity index (χ0v) is 13.8. The van der Waals surface area contributed by atoms with E-state index < -0.39 is 6.17 Å². The van der Waals surface area contributed by atoms with Crippen molar-refractivity contribution in [3.8, 4) is 0 Å². The van der Waals surface area contributed by atoms with E-state index in [-0.39, 0.29) is 23.2 Å². The normalized spacial score (nSPS) is 14.7. The Balaban J connectivity index is 3.92. The van der Waals surface area contributed by atoms with Crippen LogP contribution in [0.2, 0.25) is 0 Å². The number of rotatable bonds is 10. The molecule has 0 aliphatic heterocycles. The molecule has 0 heterocycles. The standard InChI is InChI=1S/C15H29FO2S/c1-6-13(16)9-7-8-10-19-14(11(2)3)15(17)18-12(4)5/h11-14H,6-10H2,1-5H3. The molecule has 114 valence electrons. The third-order valence-electron chi connectivity index (χ3n) is 2.84. The highest BCUT2D eigenvalue weighted by Gasteiger charge is 2.24. The molecular weight excluding hydrogens is 263 g/mol. The van der Waals surface area contributed by atoms with Gasteiger partial charge in [-0.2, -0.15) is 0 Å². The molecule has 2 nitrogen and oxygen atoms in total. The highest BCUT2D eigenvalue weighted by atomic mass is 32.2. The number of halogens is 1. The molecule has 0 aromatic heterocycles. The average molecular weight is 292 g/mol. The van der Waals surface area contributed by atoms with Crippen molar-refractivity contribution in [3.05, 3.63) is 0 Å². The van der Waals surface area contributed by atoms with E-state index in [9.17, 15) is 9.18 Å². The summed E-state index contributed by atoms with van der Waals surface area (Å²) in [5.74, 6) is 1.04. The van der Waals surface area contributed by atoms with Crippen molar-refractivity contribution in [2.24, 2.45) is 5.92 Å². The van der Waals surface area contributed by atoms with Crippen LogP contribution in [0.3, 0.4) is 0 Å². The second-order valence-corrected chi connectivity index (χ2v) is 6.77. The maximum atomic E-state index is 13.0. The van der Waals surface area contributed by atoms with Crippen LogP contribution in [0.1, 0.15) is 60.3 Å². The van der Waals surface area contributed by atoms with E-state index in [4.69, 9.17) is 4.74 Å². The summed E-state index contributed by atoms with van der Waals surface area (Å²) in [6.07, 6.45) is 2.36. The van der Waals surface area contributed by atoms with Gasteiger partial charge >= 0.3 is 5.97 Å². The van der Waals surface area contributed by atoms with Gasteiger partial charge in [0.1, 0.15) is 5.25 Å². The number of alkyl halides is 1. The molecule has 0 radical (unpaired) electrons. The Morgan fingerprint density at radius 2 is 1.84 bits per heavy atom. The van der Waals surface area contributed by atoms with Crippen LogP contribution in [0.4, 0.5) is 4.39 Å². The van der Waals surface area contributed by atoms with Crippen molar-refractivity contribution in [1.82, 2.24) is 0 Å². The molecule has 4 heteroatoms. The van der Waals surface area contributed by atoms with E-state index >= 15 is 0 Å². The van der Waals surface area contributed by atoms with Crippen LogP contribution in [0.5, 0.6) is 0 Å². The summed E-state index contributed by atoms with van der Waals surface area (Å²) in [6.45, 7) is 9.68. The Morgan fingerprint density at radius 3 is 2.32 bits per heavy atom. The molecule has 0 spiro atoms. The third kappa shape index (κ3) is 9.31. The van der Waals surface area contributed by atoms with E-state index in [1.165, 1.54) is 0 Å². The summed E-state index contributed by atoms with van der Waals surface area (Å²) >= 11 is 1.64. The van der Waals surface area contributed by atoms with Crippen LogP contribution in [-0.2, 0) is 9.53 Å². The molecule has 0 aromatic carbocycles. The molecule has 0 rings (SSSR count). The van der Waals surface area contributed by atoms with E-state index in [0.29, 0.717) is 12.8 Å². The first-order valence-electron chi connectivity index (χ1n) is 7.34. The predicted octanol–water partition coefficient (Wildman–Crippen LogP) is 4.61. The first-order chi connectivity index (χ1) is 8.88. The minimum absolute atomic E-state index is 0.0637. The molecule has 0 N–H and O–H groups in total. The molecule has 19 heavy (non-hydrogen) atoms. The quantitative estimate of drug-likeness (QED) is 0.434. The van der Waals surface area contributed by atoms with Gasteiger partial charge in [0.25, 0.3) is 0 Å². The number of unbranched alkanes of at least 4 members (excludes halogenated alkanes) is 1. The van der Waals surface area contributed by atoms with Gasteiger partial charge in [-0.25, -0.2) is 4.39 Å². The number of esters is 1. The highest BCUT2D eigenvalue weighted by Crippen LogP contribution is 2.23. The van der Waals surface area contributed by atoms with Gasteiger partial charge in [-0.1, -0.05) is 20.8 Å². The second-order valence-electron chi connectivity index (χ2n) is 5.52. The third-order valence-corrected chi connectivity index (χ3v) is 4.46. The number of hydrogen-bond donors (Lipinski definition) is 0. The predicted molar refractivity (Wildman–Crippen MR) is 81.4 cm³/mol. The van der Waals surface area contributed by atoms with E-state index in [2.05, 4.69) is 0 Å². The van der Waals surface area contributed by atoms with Gasteiger partial charge < -0.3 is 4.74 Å². The summed E-state index contributed by atoms with van der Waals surface area (Å²) in [6, 6.07) is 0. The van der Waals surface area contributed by atoms with Gasteiger partial charge in [-0.05, 0) is 51.2 Å². The van der Waals surface area contributed by atoms with Crippen molar-refractivity contribution in [2.75, 3.05) is 5.75 Å². The number of carbonyl (C=O) groups excluding carboxylic acids is 1. The maximum absolute atomic E-state index is 13.0. The lowest BCUT2D eigenvalue weighted by molar-refractivity contribution is -0.147. The molecule has 0 bridgehead atoms. The lowest BCUT2D eigenvalue weighted by Gasteiger charge is -2.20. The fourth-order valence-electron chi connectivity index (χ4n) is 1.71. The summed E-state index contributed by atoms with van der Waals surface area (Å²) in [5, 5.41) is -0.102. The second kappa shape index (κ2) is 10.5. The van der Waals surface area contributed by atoms with Crippen molar-refractivity contribution >= 4 is 17.7 Å². The van der Waals surface area contributed by atoms with Gasteiger partial charge in [0, 0.05) is 0 Å². The van der Waals surface area contributed by atoms with Gasteiger partial charge in [0.05, 0.1) is 12.3 Å². The molecular formula is C15H29FO2S. The largest absolute Gasteiger partial charge is 0.462 e. The molecule has 0 amide bonds. The molecule has 0 saturated heterocycles. The Hall–Kier alpha value is -0.250. The highest BCUT2D eigenvalue weighted by molar-refractivity contribution is 8.00. The number of thioether (sulfide) groups is 1. The molecule has 0 aliphatic rings. The Morgan fingerprint density at radius 1 is 1.21 bits per heavy atom. The monoisotopic (exact) mass is 292 g/mol. The summed E-state index contributed by atoms with van der Waals surface area (Å²) < 4.78 is 18.3. The molecule has 0 saturated carbocycles. The summed E-state index contributed by atoms with van der Waals surface area (Å²) in [5.41, 5.74) is 0. The smallest absolute Gasteiger partial charge is 0.319 e. The lowest BCUT2D eigenvalue weighted by atomic mass is 10.1. The van der Waals surface area contributed by atoms with Crippen molar-refractivity contribution < 1.29 is 13.9 Å².